The summed E-state index contributed by atoms with van der Waals surface area (Å²) in [4.78, 5) is 29.6. The molecule has 1 aromatic rings. The smallest absolute Gasteiger partial charge is 0.307 e. The van der Waals surface area contributed by atoms with E-state index in [1.165, 1.54) is 4.90 Å². The van der Waals surface area contributed by atoms with Gasteiger partial charge in [-0.05, 0) is 30.4 Å². The fourth-order valence-electron chi connectivity index (χ4n) is 3.41. The Hall–Kier alpha value is -2.17. The Labute approximate surface area is 116 Å². The molecule has 2 bridgehead atoms. The van der Waals surface area contributed by atoms with E-state index in [0.29, 0.717) is 0 Å². The summed E-state index contributed by atoms with van der Waals surface area (Å²) in [6.45, 7) is 0. The highest BCUT2D eigenvalue weighted by atomic mass is 16.4. The summed E-state index contributed by atoms with van der Waals surface area (Å²) in [5, 5.41) is 9.39. The molecule has 1 fully saturated rings. The largest absolute Gasteiger partial charge is 0.481 e. The highest BCUT2D eigenvalue weighted by Gasteiger charge is 2.52. The van der Waals surface area contributed by atoms with Crippen molar-refractivity contribution in [1.82, 2.24) is 4.98 Å². The Kier molecular flexibility index (Phi) is 3.04. The first-order valence-electron chi connectivity index (χ1n) is 6.68. The van der Waals surface area contributed by atoms with Crippen molar-refractivity contribution in [3.63, 3.8) is 0 Å². The van der Waals surface area contributed by atoms with Crippen LogP contribution in [0.1, 0.15) is 6.42 Å². The monoisotopic (exact) mass is 272 g/mol. The Morgan fingerprint density at radius 1 is 1.20 bits per heavy atom. The van der Waals surface area contributed by atoms with Crippen LogP contribution in [0.4, 0.5) is 5.69 Å². The summed E-state index contributed by atoms with van der Waals surface area (Å²) in [6.07, 6.45) is 7.95. The number of aliphatic carboxylic acids is 1. The number of rotatable bonds is 3. The number of amides is 1. The predicted octanol–water partition coefficient (Wildman–Crippen LogP) is 1.57. The topological polar surface area (TPSA) is 70.5 Å². The van der Waals surface area contributed by atoms with E-state index in [4.69, 9.17) is 0 Å². The maximum Gasteiger partial charge on any atom is 0.307 e. The molecule has 0 spiro atoms. The van der Waals surface area contributed by atoms with Crippen LogP contribution in [0.15, 0.2) is 36.7 Å². The third kappa shape index (κ3) is 1.90. The van der Waals surface area contributed by atoms with E-state index < -0.39 is 17.8 Å². The zero-order valence-corrected chi connectivity index (χ0v) is 11.1. The molecular formula is C15H16N2O3. The number of carbonyl (C=O) groups excluding carboxylic acids is 1. The van der Waals surface area contributed by atoms with Gasteiger partial charge in [0.1, 0.15) is 0 Å². The number of carbonyl (C=O) groups is 2. The Balaban J connectivity index is 1.87. The summed E-state index contributed by atoms with van der Waals surface area (Å²) in [6, 6.07) is 3.49. The van der Waals surface area contributed by atoms with Crippen molar-refractivity contribution in [2.75, 3.05) is 11.9 Å². The van der Waals surface area contributed by atoms with Gasteiger partial charge < -0.3 is 10.0 Å². The SMILES string of the molecule is CN(C(=O)C1C2C=CC(C2)C1C(=O)O)c1ccncc1. The predicted molar refractivity (Wildman–Crippen MR) is 73.0 cm³/mol. The van der Waals surface area contributed by atoms with E-state index in [2.05, 4.69) is 4.98 Å². The van der Waals surface area contributed by atoms with Crippen molar-refractivity contribution < 1.29 is 14.7 Å². The molecule has 104 valence electrons. The fraction of sp³-hybridized carbons (Fsp3) is 0.400. The Morgan fingerprint density at radius 2 is 1.80 bits per heavy atom. The zero-order valence-electron chi connectivity index (χ0n) is 11.1. The number of fused-ring (bicyclic) bond motifs is 2. The molecule has 4 atom stereocenters. The summed E-state index contributed by atoms with van der Waals surface area (Å²) in [5.74, 6) is -2.00. The maximum atomic E-state index is 12.7. The third-order valence-corrected chi connectivity index (χ3v) is 4.41. The number of anilines is 1. The van der Waals surface area contributed by atoms with Crippen LogP contribution in [0.3, 0.4) is 0 Å². The molecule has 0 aliphatic heterocycles. The third-order valence-electron chi connectivity index (χ3n) is 4.41. The van der Waals surface area contributed by atoms with E-state index in [0.717, 1.165) is 12.1 Å². The standard InChI is InChI=1S/C15H16N2O3/c1-17(11-4-6-16-7-5-11)14(18)12-9-2-3-10(8-9)13(12)15(19)20/h2-7,9-10,12-13H,8H2,1H3,(H,19,20). The molecule has 1 saturated carbocycles. The van der Waals surface area contributed by atoms with Crippen LogP contribution in [-0.4, -0.2) is 29.0 Å². The second-order valence-corrected chi connectivity index (χ2v) is 5.44. The number of carboxylic acid groups (broad SMARTS) is 1. The lowest BCUT2D eigenvalue weighted by Crippen LogP contribution is -2.41. The van der Waals surface area contributed by atoms with Gasteiger partial charge in [0, 0.05) is 25.1 Å². The molecule has 5 heteroatoms. The summed E-state index contributed by atoms with van der Waals surface area (Å²) in [7, 11) is 1.69. The minimum atomic E-state index is -0.872. The van der Waals surface area contributed by atoms with E-state index in [-0.39, 0.29) is 17.7 Å². The van der Waals surface area contributed by atoms with Crippen LogP contribution in [0, 0.1) is 23.7 Å². The number of hydrogen-bond donors (Lipinski definition) is 1. The van der Waals surface area contributed by atoms with Crippen LogP contribution in [0.25, 0.3) is 0 Å². The van der Waals surface area contributed by atoms with Gasteiger partial charge in [0.2, 0.25) is 5.91 Å². The molecule has 1 amide bonds. The molecule has 3 rings (SSSR count). The summed E-state index contributed by atoms with van der Waals surface area (Å²) >= 11 is 0. The first-order valence-corrected chi connectivity index (χ1v) is 6.68. The molecule has 0 saturated heterocycles. The number of carboxylic acids is 1. The van der Waals surface area contributed by atoms with Crippen molar-refractivity contribution >= 4 is 17.6 Å². The van der Waals surface area contributed by atoms with Gasteiger partial charge in [-0.1, -0.05) is 12.2 Å². The lowest BCUT2D eigenvalue weighted by Gasteiger charge is -2.28. The van der Waals surface area contributed by atoms with E-state index in [9.17, 15) is 14.7 Å². The second-order valence-electron chi connectivity index (χ2n) is 5.44. The zero-order chi connectivity index (χ0) is 14.3. The Morgan fingerprint density at radius 3 is 2.40 bits per heavy atom. The fourth-order valence-corrected chi connectivity index (χ4v) is 3.41. The van der Waals surface area contributed by atoms with E-state index in [1.807, 2.05) is 12.2 Å². The molecule has 0 radical (unpaired) electrons. The van der Waals surface area contributed by atoms with Crippen LogP contribution < -0.4 is 4.90 Å². The van der Waals surface area contributed by atoms with Crippen LogP contribution in [-0.2, 0) is 9.59 Å². The quantitative estimate of drug-likeness (QED) is 0.848. The van der Waals surface area contributed by atoms with E-state index >= 15 is 0 Å². The number of hydrogen-bond acceptors (Lipinski definition) is 3. The average Bonchev–Trinajstić information content (AvgIpc) is 3.07. The van der Waals surface area contributed by atoms with Crippen LogP contribution in [0.5, 0.6) is 0 Å². The van der Waals surface area contributed by atoms with Crippen molar-refractivity contribution in [2.45, 2.75) is 6.42 Å². The second kappa shape index (κ2) is 4.74. The van der Waals surface area contributed by atoms with Crippen LogP contribution in [0.2, 0.25) is 0 Å². The highest BCUT2D eigenvalue weighted by Crippen LogP contribution is 2.48. The summed E-state index contributed by atoms with van der Waals surface area (Å²) < 4.78 is 0. The van der Waals surface area contributed by atoms with E-state index in [1.54, 1.807) is 31.6 Å². The molecule has 2 aliphatic carbocycles. The summed E-state index contributed by atoms with van der Waals surface area (Å²) in [5.41, 5.74) is 0.737. The van der Waals surface area contributed by atoms with Crippen molar-refractivity contribution in [3.8, 4) is 0 Å². The molecule has 4 unspecified atom stereocenters. The van der Waals surface area contributed by atoms with Crippen molar-refractivity contribution in [2.24, 2.45) is 23.7 Å². The number of allylic oxidation sites excluding steroid dienone is 2. The first-order chi connectivity index (χ1) is 9.59. The van der Waals surface area contributed by atoms with Gasteiger partial charge in [-0.25, -0.2) is 0 Å². The lowest BCUT2D eigenvalue weighted by atomic mass is 9.82. The molecule has 5 nitrogen and oxygen atoms in total. The van der Waals surface area contributed by atoms with Gasteiger partial charge in [-0.3, -0.25) is 14.6 Å². The van der Waals surface area contributed by atoms with Gasteiger partial charge in [-0.15, -0.1) is 0 Å². The minimum Gasteiger partial charge on any atom is -0.481 e. The van der Waals surface area contributed by atoms with Crippen molar-refractivity contribution in [3.05, 3.63) is 36.7 Å². The number of aromatic nitrogens is 1. The molecule has 1 N–H and O–H groups in total. The molecule has 1 aromatic heterocycles. The van der Waals surface area contributed by atoms with Gasteiger partial charge >= 0.3 is 5.97 Å². The molecule has 20 heavy (non-hydrogen) atoms. The van der Waals surface area contributed by atoms with Crippen molar-refractivity contribution in [1.29, 1.82) is 0 Å². The molecule has 2 aliphatic rings. The molecular weight excluding hydrogens is 256 g/mol. The lowest BCUT2D eigenvalue weighted by molar-refractivity contribution is -0.147. The number of nitrogens with zero attached hydrogens (tertiary/aromatic N) is 2. The maximum absolute atomic E-state index is 12.7. The van der Waals surface area contributed by atoms with Gasteiger partial charge in [-0.2, -0.15) is 0 Å². The van der Waals surface area contributed by atoms with Gasteiger partial charge in [0.05, 0.1) is 11.8 Å². The normalized spacial score (nSPS) is 30.4. The Bertz CT molecular complexity index is 570. The minimum absolute atomic E-state index is 0.00251. The average molecular weight is 272 g/mol. The van der Waals surface area contributed by atoms with Gasteiger partial charge in [0.15, 0.2) is 0 Å². The molecule has 1 heterocycles. The molecule has 0 aromatic carbocycles. The first kappa shape index (κ1) is 12.8. The number of pyridine rings is 1. The highest BCUT2D eigenvalue weighted by molar-refractivity contribution is 5.97. The van der Waals surface area contributed by atoms with Gasteiger partial charge in [0.25, 0.3) is 0 Å². The van der Waals surface area contributed by atoms with Crippen LogP contribution >= 0.6 is 0 Å².